The lowest BCUT2D eigenvalue weighted by Gasteiger charge is -1.97. The van der Waals surface area contributed by atoms with E-state index < -0.39 is 0 Å². The Bertz CT molecular complexity index is 36.6. The van der Waals surface area contributed by atoms with Gasteiger partial charge in [-0.1, -0.05) is 6.92 Å². The fourth-order valence-electron chi connectivity index (χ4n) is 0.506. The van der Waals surface area contributed by atoms with E-state index in [4.69, 9.17) is 0 Å². The van der Waals surface area contributed by atoms with Crippen LogP contribution >= 0.6 is 25.3 Å². The Labute approximate surface area is 75.8 Å². The standard InChI is InChI=1S/C6H15NS.CH4S/c1-2-4-7-5-3-6-8;1-2/h7-8H,2-6H2,1H3;2H,1H3. The van der Waals surface area contributed by atoms with E-state index in [1.807, 2.05) is 0 Å². The number of nitrogens with one attached hydrogen (secondary N) is 1. The maximum atomic E-state index is 4.08. The van der Waals surface area contributed by atoms with Crippen molar-refractivity contribution in [2.45, 2.75) is 19.8 Å². The Morgan fingerprint density at radius 1 is 1.20 bits per heavy atom. The van der Waals surface area contributed by atoms with Crippen molar-refractivity contribution in [2.75, 3.05) is 25.1 Å². The van der Waals surface area contributed by atoms with Gasteiger partial charge in [-0.05, 0) is 37.9 Å². The molecule has 1 nitrogen and oxygen atoms in total. The van der Waals surface area contributed by atoms with Crippen molar-refractivity contribution in [1.82, 2.24) is 5.32 Å². The third-order valence-corrected chi connectivity index (χ3v) is 1.25. The zero-order chi connectivity index (χ0) is 8.24. The molecular formula is C7H19NS2. The molecule has 0 bridgehead atoms. The summed E-state index contributed by atoms with van der Waals surface area (Å²) in [5.74, 6) is 0.997. The number of rotatable bonds is 5. The van der Waals surface area contributed by atoms with Crippen molar-refractivity contribution in [3.05, 3.63) is 0 Å². The van der Waals surface area contributed by atoms with Crippen LogP contribution in [0, 0.1) is 0 Å². The van der Waals surface area contributed by atoms with Crippen LogP contribution in [0.4, 0.5) is 0 Å². The minimum Gasteiger partial charge on any atom is -0.317 e. The normalized spacial score (nSPS) is 8.40. The highest BCUT2D eigenvalue weighted by Gasteiger charge is 1.80. The molecule has 0 amide bonds. The molecule has 0 aromatic rings. The summed E-state index contributed by atoms with van der Waals surface area (Å²) in [5, 5.41) is 3.29. The highest BCUT2D eigenvalue weighted by Crippen LogP contribution is 1.79. The molecule has 0 aliphatic heterocycles. The summed E-state index contributed by atoms with van der Waals surface area (Å²) in [7, 11) is 0. The average Bonchev–Trinajstić information content (AvgIpc) is 2.02. The van der Waals surface area contributed by atoms with Crippen LogP contribution in [0.15, 0.2) is 0 Å². The van der Waals surface area contributed by atoms with Crippen molar-refractivity contribution in [3.8, 4) is 0 Å². The second-order valence-corrected chi connectivity index (χ2v) is 2.27. The summed E-state index contributed by atoms with van der Waals surface area (Å²) in [6.45, 7) is 4.44. The molecule has 3 heteroatoms. The Balaban J connectivity index is 0. The fraction of sp³-hybridized carbons (Fsp3) is 1.00. The van der Waals surface area contributed by atoms with E-state index in [2.05, 4.69) is 37.5 Å². The van der Waals surface area contributed by atoms with Gasteiger partial charge in [0.2, 0.25) is 0 Å². The Hall–Kier alpha value is 0.660. The van der Waals surface area contributed by atoms with Gasteiger partial charge in [0.25, 0.3) is 0 Å². The SMILES string of the molecule is CCCNCCCS.CS. The minimum absolute atomic E-state index is 0.997. The predicted octanol–water partition coefficient (Wildman–Crippen LogP) is 1.85. The van der Waals surface area contributed by atoms with Crippen LogP contribution in [-0.2, 0) is 0 Å². The molecule has 0 aliphatic carbocycles. The molecular weight excluding hydrogens is 162 g/mol. The molecule has 0 aromatic heterocycles. The van der Waals surface area contributed by atoms with Gasteiger partial charge in [0.1, 0.15) is 0 Å². The summed E-state index contributed by atoms with van der Waals surface area (Å²) >= 11 is 7.61. The lowest BCUT2D eigenvalue weighted by molar-refractivity contribution is 0.665. The molecule has 0 aliphatic rings. The van der Waals surface area contributed by atoms with Gasteiger partial charge in [0, 0.05) is 0 Å². The van der Waals surface area contributed by atoms with Gasteiger partial charge in [-0.25, -0.2) is 0 Å². The van der Waals surface area contributed by atoms with Crippen LogP contribution in [0.5, 0.6) is 0 Å². The first kappa shape index (κ1) is 13.3. The summed E-state index contributed by atoms with van der Waals surface area (Å²) in [4.78, 5) is 0. The van der Waals surface area contributed by atoms with Crippen molar-refractivity contribution in [2.24, 2.45) is 0 Å². The van der Waals surface area contributed by atoms with Gasteiger partial charge in [0.15, 0.2) is 0 Å². The van der Waals surface area contributed by atoms with Crippen molar-refractivity contribution >= 4 is 25.3 Å². The first-order chi connectivity index (χ1) is 4.91. The molecule has 0 saturated heterocycles. The van der Waals surface area contributed by atoms with E-state index in [0.29, 0.717) is 0 Å². The molecule has 10 heavy (non-hydrogen) atoms. The molecule has 0 fully saturated rings. The zero-order valence-electron chi connectivity index (χ0n) is 6.93. The molecule has 1 N–H and O–H groups in total. The highest BCUT2D eigenvalue weighted by molar-refractivity contribution is 7.80. The van der Waals surface area contributed by atoms with Crippen LogP contribution in [-0.4, -0.2) is 25.1 Å². The topological polar surface area (TPSA) is 12.0 Å². The van der Waals surface area contributed by atoms with Crippen LogP contribution < -0.4 is 5.32 Å². The van der Waals surface area contributed by atoms with Crippen molar-refractivity contribution in [3.63, 3.8) is 0 Å². The lowest BCUT2D eigenvalue weighted by Crippen LogP contribution is -2.15. The second kappa shape index (κ2) is 16.3. The van der Waals surface area contributed by atoms with Crippen molar-refractivity contribution in [1.29, 1.82) is 0 Å². The summed E-state index contributed by atoms with van der Waals surface area (Å²) in [5.41, 5.74) is 0. The maximum Gasteiger partial charge on any atom is -0.00411 e. The van der Waals surface area contributed by atoms with E-state index in [9.17, 15) is 0 Å². The first-order valence-corrected chi connectivity index (χ1v) is 5.20. The van der Waals surface area contributed by atoms with Gasteiger partial charge >= 0.3 is 0 Å². The van der Waals surface area contributed by atoms with E-state index in [0.717, 1.165) is 18.8 Å². The molecule has 0 spiro atoms. The van der Waals surface area contributed by atoms with E-state index >= 15 is 0 Å². The molecule has 0 atom stereocenters. The fourth-order valence-corrected chi connectivity index (χ4v) is 0.664. The zero-order valence-corrected chi connectivity index (χ0v) is 8.72. The third-order valence-electron chi connectivity index (χ3n) is 0.938. The van der Waals surface area contributed by atoms with Gasteiger partial charge in [0.05, 0.1) is 0 Å². The molecule has 64 valence electrons. The molecule has 0 saturated carbocycles. The molecule has 0 rings (SSSR count). The van der Waals surface area contributed by atoms with Crippen LogP contribution in [0.1, 0.15) is 19.8 Å². The Morgan fingerprint density at radius 2 is 1.80 bits per heavy atom. The largest absolute Gasteiger partial charge is 0.317 e. The molecule has 0 unspecified atom stereocenters. The Morgan fingerprint density at radius 3 is 2.20 bits per heavy atom. The number of hydrogen-bond acceptors (Lipinski definition) is 3. The van der Waals surface area contributed by atoms with Crippen LogP contribution in [0.2, 0.25) is 0 Å². The molecule has 0 aromatic carbocycles. The van der Waals surface area contributed by atoms with E-state index in [1.165, 1.54) is 12.8 Å². The Kier molecular flexibility index (Phi) is 21.7. The van der Waals surface area contributed by atoms with Crippen molar-refractivity contribution < 1.29 is 0 Å². The van der Waals surface area contributed by atoms with Gasteiger partial charge < -0.3 is 5.32 Å². The lowest BCUT2D eigenvalue weighted by atomic mass is 10.4. The average molecular weight is 181 g/mol. The quantitative estimate of drug-likeness (QED) is 0.434. The van der Waals surface area contributed by atoms with Gasteiger partial charge in [-0.15, -0.1) is 0 Å². The number of thiol groups is 2. The smallest absolute Gasteiger partial charge is 0.00411 e. The van der Waals surface area contributed by atoms with Crippen LogP contribution in [0.3, 0.4) is 0 Å². The van der Waals surface area contributed by atoms with Crippen LogP contribution in [0.25, 0.3) is 0 Å². The summed E-state index contributed by atoms with van der Waals surface area (Å²) in [6.07, 6.45) is 4.11. The summed E-state index contributed by atoms with van der Waals surface area (Å²) in [6, 6.07) is 0. The highest BCUT2D eigenvalue weighted by atomic mass is 32.1. The van der Waals surface area contributed by atoms with Gasteiger partial charge in [-0.3, -0.25) is 0 Å². The monoisotopic (exact) mass is 181 g/mol. The minimum atomic E-state index is 0.997. The maximum absolute atomic E-state index is 4.08. The van der Waals surface area contributed by atoms with E-state index in [1.54, 1.807) is 6.26 Å². The predicted molar refractivity (Wildman–Crippen MR) is 56.5 cm³/mol. The molecule has 0 heterocycles. The summed E-state index contributed by atoms with van der Waals surface area (Å²) < 4.78 is 0. The second-order valence-electron chi connectivity index (χ2n) is 1.83. The first-order valence-electron chi connectivity index (χ1n) is 3.68. The molecule has 0 radical (unpaired) electrons. The van der Waals surface area contributed by atoms with Gasteiger partial charge in [-0.2, -0.15) is 25.3 Å². The van der Waals surface area contributed by atoms with E-state index in [-0.39, 0.29) is 0 Å². The third kappa shape index (κ3) is 15.9. The number of hydrogen-bond donors (Lipinski definition) is 3.